The monoisotopic (exact) mass is 204 g/mol. The van der Waals surface area contributed by atoms with Crippen molar-refractivity contribution >= 4 is 11.8 Å². The lowest BCUT2D eigenvalue weighted by Crippen LogP contribution is -2.39. The van der Waals surface area contributed by atoms with E-state index in [0.29, 0.717) is 12.3 Å². The molecule has 5 nitrogen and oxygen atoms in total. The van der Waals surface area contributed by atoms with Crippen molar-refractivity contribution in [2.24, 2.45) is 11.7 Å². The first kappa shape index (κ1) is 15.5. The van der Waals surface area contributed by atoms with Gasteiger partial charge in [0.15, 0.2) is 0 Å². The average Bonchev–Trinajstić information content (AvgIpc) is 2.15. The molecule has 5 heteroatoms. The molecule has 0 aliphatic rings. The summed E-state index contributed by atoms with van der Waals surface area (Å²) in [5.74, 6) is -1.81. The number of carbonyl (C=O) groups excluding carboxylic acids is 1. The first-order chi connectivity index (χ1) is 6.49. The van der Waals surface area contributed by atoms with Gasteiger partial charge in [-0.2, -0.15) is 0 Å². The van der Waals surface area contributed by atoms with E-state index >= 15 is 0 Å². The highest BCUT2D eigenvalue weighted by molar-refractivity contribution is 6.34. The number of hydrogen-bond donors (Lipinski definition) is 3. The third-order valence-electron chi connectivity index (χ3n) is 1.58. The molecule has 0 saturated heterocycles. The number of hydrogen-bond acceptors (Lipinski definition) is 4. The van der Waals surface area contributed by atoms with Gasteiger partial charge in [-0.3, -0.25) is 4.79 Å². The number of carboxylic acids is 1. The van der Waals surface area contributed by atoms with E-state index in [-0.39, 0.29) is 0 Å². The fourth-order valence-electron chi connectivity index (χ4n) is 0.976. The van der Waals surface area contributed by atoms with Crippen LogP contribution in [0.4, 0.5) is 0 Å². The Morgan fingerprint density at radius 1 is 1.36 bits per heavy atom. The Balaban J connectivity index is 0. The fraction of sp³-hybridized carbons (Fsp3) is 0.778. The van der Waals surface area contributed by atoms with Gasteiger partial charge in [0.25, 0.3) is 5.78 Å². The largest absolute Gasteiger partial charge is 0.475 e. The van der Waals surface area contributed by atoms with Crippen LogP contribution in [-0.4, -0.2) is 37.0 Å². The van der Waals surface area contributed by atoms with Crippen LogP contribution in [0.15, 0.2) is 0 Å². The van der Waals surface area contributed by atoms with Gasteiger partial charge in [0.1, 0.15) is 0 Å². The molecule has 0 fully saturated rings. The molecule has 0 aliphatic carbocycles. The maximum atomic E-state index is 10.9. The zero-order chi connectivity index (χ0) is 11.7. The molecule has 0 amide bonds. The van der Waals surface area contributed by atoms with E-state index in [1.165, 1.54) is 7.05 Å². The second-order valence-electron chi connectivity index (χ2n) is 3.14. The van der Waals surface area contributed by atoms with Gasteiger partial charge in [-0.05, 0) is 26.4 Å². The second kappa shape index (κ2) is 8.65. The first-order valence-corrected chi connectivity index (χ1v) is 4.51. The highest BCUT2D eigenvalue weighted by atomic mass is 16.4. The van der Waals surface area contributed by atoms with Crippen molar-refractivity contribution in [1.29, 1.82) is 0 Å². The van der Waals surface area contributed by atoms with Gasteiger partial charge < -0.3 is 16.2 Å². The molecule has 0 bridgehead atoms. The molecule has 84 valence electrons. The Hall–Kier alpha value is -0.940. The molecule has 0 heterocycles. The molecule has 0 aromatic carbocycles. The topological polar surface area (TPSA) is 92.4 Å². The van der Waals surface area contributed by atoms with Crippen LogP contribution in [0.5, 0.6) is 0 Å². The first-order valence-electron chi connectivity index (χ1n) is 4.51. The predicted octanol–water partition coefficient (Wildman–Crippen LogP) is -0.151. The second-order valence-corrected chi connectivity index (χ2v) is 3.14. The number of likely N-dealkylation sites (N-methyl/N-ethyl adjacent to an activating group) is 1. The van der Waals surface area contributed by atoms with Gasteiger partial charge >= 0.3 is 5.97 Å². The van der Waals surface area contributed by atoms with Gasteiger partial charge in [0.05, 0.1) is 6.04 Å². The maximum Gasteiger partial charge on any atom is 0.373 e. The lowest BCUT2D eigenvalue weighted by molar-refractivity contribution is -0.150. The van der Waals surface area contributed by atoms with E-state index in [1.54, 1.807) is 7.05 Å². The molecule has 1 atom stereocenters. The summed E-state index contributed by atoms with van der Waals surface area (Å²) < 4.78 is 0. The highest BCUT2D eigenvalue weighted by Crippen LogP contribution is 2.04. The quantitative estimate of drug-likeness (QED) is 0.541. The number of rotatable bonds is 5. The van der Waals surface area contributed by atoms with Crippen LogP contribution in [0.1, 0.15) is 20.3 Å². The van der Waals surface area contributed by atoms with Crippen molar-refractivity contribution in [3.63, 3.8) is 0 Å². The summed E-state index contributed by atoms with van der Waals surface area (Å²) >= 11 is 0. The summed E-state index contributed by atoms with van der Waals surface area (Å²) in [6.45, 7) is 3.89. The van der Waals surface area contributed by atoms with Gasteiger partial charge in [-0.1, -0.05) is 13.8 Å². The molecule has 0 aliphatic heterocycles. The normalized spacial score (nSPS) is 11.6. The van der Waals surface area contributed by atoms with E-state index in [1.807, 2.05) is 13.8 Å². The third-order valence-corrected chi connectivity index (χ3v) is 1.58. The van der Waals surface area contributed by atoms with E-state index in [0.717, 1.165) is 0 Å². The van der Waals surface area contributed by atoms with Crippen molar-refractivity contribution < 1.29 is 14.7 Å². The number of ketones is 1. The minimum atomic E-state index is -1.37. The molecule has 0 spiro atoms. The molecule has 0 radical (unpaired) electrons. The number of Topliss-reactive ketones (excluding diaryl/α,β-unsaturated/α-hetero) is 1. The average molecular weight is 204 g/mol. The molecule has 0 rings (SSSR count). The van der Waals surface area contributed by atoms with Gasteiger partial charge in [-0.15, -0.1) is 0 Å². The number of nitrogens with two attached hydrogens (primary N) is 1. The zero-order valence-electron chi connectivity index (χ0n) is 9.20. The molecule has 0 unspecified atom stereocenters. The van der Waals surface area contributed by atoms with Gasteiger partial charge in [0.2, 0.25) is 0 Å². The summed E-state index contributed by atoms with van der Waals surface area (Å²) in [6.07, 6.45) is 0.557. The number of aliphatic carboxylic acids is 1. The predicted molar refractivity (Wildman–Crippen MR) is 55.1 cm³/mol. The van der Waals surface area contributed by atoms with Crippen molar-refractivity contribution in [2.45, 2.75) is 26.3 Å². The Bertz CT molecular complexity index is 181. The smallest absolute Gasteiger partial charge is 0.373 e. The number of nitrogens with one attached hydrogen (secondary N) is 1. The zero-order valence-corrected chi connectivity index (χ0v) is 9.20. The minimum Gasteiger partial charge on any atom is -0.475 e. The van der Waals surface area contributed by atoms with Crippen LogP contribution in [0.2, 0.25) is 0 Å². The lowest BCUT2D eigenvalue weighted by atomic mass is 10.0. The molecule has 0 saturated carbocycles. The molecule has 4 N–H and O–H groups in total. The fourth-order valence-corrected chi connectivity index (χ4v) is 0.976. The Morgan fingerprint density at radius 3 is 2.00 bits per heavy atom. The summed E-state index contributed by atoms with van der Waals surface area (Å²) in [5, 5.41) is 11.1. The van der Waals surface area contributed by atoms with E-state index in [4.69, 9.17) is 5.11 Å². The van der Waals surface area contributed by atoms with Crippen molar-refractivity contribution in [3.05, 3.63) is 0 Å². The Kier molecular flexibility index (Phi) is 9.59. The number of carbonyl (C=O) groups is 2. The maximum absolute atomic E-state index is 10.9. The summed E-state index contributed by atoms with van der Waals surface area (Å²) in [6, 6.07) is -0.553. The Labute approximate surface area is 84.7 Å². The SMILES string of the molecule is CN.CN[C@@H](CC(C)C)C(=O)C(=O)O. The van der Waals surface area contributed by atoms with Crippen LogP contribution in [-0.2, 0) is 9.59 Å². The third kappa shape index (κ3) is 6.56. The van der Waals surface area contributed by atoms with Crippen LogP contribution < -0.4 is 11.1 Å². The van der Waals surface area contributed by atoms with E-state index in [9.17, 15) is 9.59 Å². The summed E-state index contributed by atoms with van der Waals surface area (Å²) in [7, 11) is 3.09. The highest BCUT2D eigenvalue weighted by Gasteiger charge is 2.23. The molecular weight excluding hydrogens is 184 g/mol. The van der Waals surface area contributed by atoms with Crippen molar-refractivity contribution in [1.82, 2.24) is 5.32 Å². The lowest BCUT2D eigenvalue weighted by Gasteiger charge is -2.14. The van der Waals surface area contributed by atoms with E-state index < -0.39 is 17.8 Å². The summed E-state index contributed by atoms with van der Waals surface area (Å²) in [5.41, 5.74) is 4.50. The van der Waals surface area contributed by atoms with Gasteiger partial charge in [0, 0.05) is 0 Å². The minimum absolute atomic E-state index is 0.311. The van der Waals surface area contributed by atoms with Crippen LogP contribution in [0, 0.1) is 5.92 Å². The molecule has 0 aromatic heterocycles. The molecule has 14 heavy (non-hydrogen) atoms. The van der Waals surface area contributed by atoms with Crippen LogP contribution >= 0.6 is 0 Å². The molecular formula is C9H20N2O3. The van der Waals surface area contributed by atoms with Crippen LogP contribution in [0.3, 0.4) is 0 Å². The van der Waals surface area contributed by atoms with Gasteiger partial charge in [-0.25, -0.2) is 4.79 Å². The van der Waals surface area contributed by atoms with Crippen molar-refractivity contribution in [3.8, 4) is 0 Å². The standard InChI is InChI=1S/C8H15NO3.CH5N/c1-5(2)4-6(9-3)7(10)8(11)12;1-2/h5-6,9H,4H2,1-3H3,(H,11,12);2H2,1H3/t6-;/m0./s1. The van der Waals surface area contributed by atoms with Crippen LogP contribution in [0.25, 0.3) is 0 Å². The number of carboxylic acid groups (broad SMARTS) is 1. The molecule has 0 aromatic rings. The Morgan fingerprint density at radius 2 is 1.79 bits per heavy atom. The van der Waals surface area contributed by atoms with Crippen molar-refractivity contribution in [2.75, 3.05) is 14.1 Å². The van der Waals surface area contributed by atoms with E-state index in [2.05, 4.69) is 11.1 Å². The summed E-state index contributed by atoms with van der Waals surface area (Å²) in [4.78, 5) is 21.2.